The van der Waals surface area contributed by atoms with Crippen LogP contribution in [-0.4, -0.2) is 47.3 Å². The van der Waals surface area contributed by atoms with Gasteiger partial charge in [-0.2, -0.15) is 0 Å². The molecule has 118 valence electrons. The Labute approximate surface area is 128 Å². The average Bonchev–Trinajstić information content (AvgIpc) is 3.03. The third kappa shape index (κ3) is 5.45. The van der Waals surface area contributed by atoms with Crippen LogP contribution < -0.4 is 10.6 Å². The summed E-state index contributed by atoms with van der Waals surface area (Å²) >= 11 is 1.37. The molecule has 0 saturated heterocycles. The van der Waals surface area contributed by atoms with Crippen molar-refractivity contribution in [3.8, 4) is 0 Å². The summed E-state index contributed by atoms with van der Waals surface area (Å²) in [6.07, 6.45) is 1.17. The minimum atomic E-state index is -0.961. The van der Waals surface area contributed by atoms with E-state index in [9.17, 15) is 19.8 Å². The maximum Gasteiger partial charge on any atom is 0.261 e. The molecule has 1 rings (SSSR count). The van der Waals surface area contributed by atoms with Crippen LogP contribution in [0.5, 0.6) is 0 Å². The highest BCUT2D eigenvalue weighted by molar-refractivity contribution is 7.12. The molecule has 0 aliphatic carbocycles. The number of aliphatic hydroxyl groups excluding tert-OH is 2. The van der Waals surface area contributed by atoms with Gasteiger partial charge in [0.05, 0.1) is 23.6 Å². The zero-order valence-corrected chi connectivity index (χ0v) is 12.9. The lowest BCUT2D eigenvalue weighted by atomic mass is 9.98. The first-order valence-electron chi connectivity index (χ1n) is 6.91. The molecule has 1 heterocycles. The summed E-state index contributed by atoms with van der Waals surface area (Å²) < 4.78 is 0. The molecular formula is C14H22N2O4S. The predicted molar refractivity (Wildman–Crippen MR) is 81.2 cm³/mol. The van der Waals surface area contributed by atoms with Crippen LogP contribution in [-0.2, 0) is 4.79 Å². The van der Waals surface area contributed by atoms with Gasteiger partial charge in [-0.1, -0.05) is 13.0 Å². The molecule has 4 N–H and O–H groups in total. The van der Waals surface area contributed by atoms with Crippen molar-refractivity contribution in [1.82, 2.24) is 10.6 Å². The second-order valence-corrected chi connectivity index (χ2v) is 5.78. The van der Waals surface area contributed by atoms with Crippen LogP contribution in [0.15, 0.2) is 17.5 Å². The summed E-state index contributed by atoms with van der Waals surface area (Å²) in [6.45, 7) is 1.58. The molecule has 0 aromatic carbocycles. The summed E-state index contributed by atoms with van der Waals surface area (Å²) in [5, 5.41) is 25.7. The molecule has 0 saturated carbocycles. The Bertz CT molecular complexity index is 436. The molecule has 0 aliphatic heterocycles. The van der Waals surface area contributed by atoms with E-state index in [0.717, 1.165) is 0 Å². The van der Waals surface area contributed by atoms with Gasteiger partial charge in [0, 0.05) is 13.0 Å². The van der Waals surface area contributed by atoms with E-state index in [1.807, 2.05) is 5.38 Å². The number of rotatable bonds is 9. The maximum absolute atomic E-state index is 11.8. The van der Waals surface area contributed by atoms with E-state index in [-0.39, 0.29) is 31.4 Å². The van der Waals surface area contributed by atoms with Gasteiger partial charge in [0.15, 0.2) is 0 Å². The molecule has 6 nitrogen and oxygen atoms in total. The smallest absolute Gasteiger partial charge is 0.261 e. The standard InChI is InChI=1S/C14H22N2O4S/c1-2-14(9-17,10-18)16-12(19)6-3-7-15-13(20)11-5-4-8-21-11/h4-5,8,17-18H,2-3,6-7,9-10H2,1H3,(H,15,20)(H,16,19). The first-order chi connectivity index (χ1) is 10.1. The molecule has 1 aromatic heterocycles. The quantitative estimate of drug-likeness (QED) is 0.499. The Morgan fingerprint density at radius 3 is 2.57 bits per heavy atom. The third-order valence-electron chi connectivity index (χ3n) is 3.30. The van der Waals surface area contributed by atoms with Crippen molar-refractivity contribution in [2.75, 3.05) is 19.8 Å². The molecule has 0 spiro atoms. The van der Waals surface area contributed by atoms with Gasteiger partial charge in [-0.15, -0.1) is 11.3 Å². The highest BCUT2D eigenvalue weighted by atomic mass is 32.1. The molecule has 0 atom stereocenters. The van der Waals surface area contributed by atoms with Gasteiger partial charge in [0.25, 0.3) is 5.91 Å². The van der Waals surface area contributed by atoms with Crippen LogP contribution in [0, 0.1) is 0 Å². The lowest BCUT2D eigenvalue weighted by molar-refractivity contribution is -0.124. The van der Waals surface area contributed by atoms with Crippen molar-refractivity contribution < 1.29 is 19.8 Å². The molecule has 1 aromatic rings. The van der Waals surface area contributed by atoms with Crippen LogP contribution in [0.4, 0.5) is 0 Å². The number of amides is 2. The lowest BCUT2D eigenvalue weighted by Gasteiger charge is -2.29. The van der Waals surface area contributed by atoms with Crippen LogP contribution in [0.1, 0.15) is 35.9 Å². The van der Waals surface area contributed by atoms with Crippen molar-refractivity contribution in [3.05, 3.63) is 22.4 Å². The summed E-state index contributed by atoms with van der Waals surface area (Å²) in [4.78, 5) is 24.1. The zero-order chi connectivity index (χ0) is 15.7. The largest absolute Gasteiger partial charge is 0.394 e. The van der Waals surface area contributed by atoms with Crippen molar-refractivity contribution in [1.29, 1.82) is 0 Å². The van der Waals surface area contributed by atoms with E-state index in [1.54, 1.807) is 19.1 Å². The van der Waals surface area contributed by atoms with Crippen LogP contribution in [0.25, 0.3) is 0 Å². The number of hydrogen-bond acceptors (Lipinski definition) is 5. The van der Waals surface area contributed by atoms with Crippen LogP contribution in [0.2, 0.25) is 0 Å². The first kappa shape index (κ1) is 17.6. The van der Waals surface area contributed by atoms with Gasteiger partial charge in [0.2, 0.25) is 5.91 Å². The van der Waals surface area contributed by atoms with Crippen molar-refractivity contribution in [2.45, 2.75) is 31.7 Å². The number of aliphatic hydroxyl groups is 2. The van der Waals surface area contributed by atoms with Crippen molar-refractivity contribution in [2.24, 2.45) is 0 Å². The molecule has 21 heavy (non-hydrogen) atoms. The van der Waals surface area contributed by atoms with Crippen molar-refractivity contribution >= 4 is 23.2 Å². The summed E-state index contributed by atoms with van der Waals surface area (Å²) in [7, 11) is 0. The van der Waals surface area contributed by atoms with Gasteiger partial charge in [-0.05, 0) is 24.3 Å². The fourth-order valence-electron chi connectivity index (χ4n) is 1.75. The summed E-state index contributed by atoms with van der Waals surface area (Å²) in [5.74, 6) is -0.385. The second kappa shape index (κ2) is 8.76. The zero-order valence-electron chi connectivity index (χ0n) is 12.1. The number of hydrogen-bond donors (Lipinski definition) is 4. The predicted octanol–water partition coefficient (Wildman–Crippen LogP) is 0.508. The van der Waals surface area contributed by atoms with E-state index in [0.29, 0.717) is 24.3 Å². The topological polar surface area (TPSA) is 98.7 Å². The fraction of sp³-hybridized carbons (Fsp3) is 0.571. The van der Waals surface area contributed by atoms with E-state index in [2.05, 4.69) is 10.6 Å². The van der Waals surface area contributed by atoms with Crippen LogP contribution in [0.3, 0.4) is 0 Å². The molecule has 0 aliphatic rings. The van der Waals surface area contributed by atoms with Gasteiger partial charge < -0.3 is 20.8 Å². The highest BCUT2D eigenvalue weighted by Gasteiger charge is 2.28. The Morgan fingerprint density at radius 1 is 1.33 bits per heavy atom. The van der Waals surface area contributed by atoms with Crippen LogP contribution >= 0.6 is 11.3 Å². The first-order valence-corrected chi connectivity index (χ1v) is 7.79. The van der Waals surface area contributed by atoms with Gasteiger partial charge >= 0.3 is 0 Å². The average molecular weight is 314 g/mol. The van der Waals surface area contributed by atoms with Gasteiger partial charge in [0.1, 0.15) is 0 Å². The van der Waals surface area contributed by atoms with Crippen molar-refractivity contribution in [3.63, 3.8) is 0 Å². The molecule has 0 radical (unpaired) electrons. The lowest BCUT2D eigenvalue weighted by Crippen LogP contribution is -2.53. The fourth-order valence-corrected chi connectivity index (χ4v) is 2.39. The monoisotopic (exact) mass is 314 g/mol. The molecule has 7 heteroatoms. The normalized spacial score (nSPS) is 11.2. The third-order valence-corrected chi connectivity index (χ3v) is 4.17. The second-order valence-electron chi connectivity index (χ2n) is 4.84. The van der Waals surface area contributed by atoms with Gasteiger partial charge in [-0.25, -0.2) is 0 Å². The Kier molecular flexibility index (Phi) is 7.35. The Morgan fingerprint density at radius 2 is 2.05 bits per heavy atom. The maximum atomic E-state index is 11.8. The van der Waals surface area contributed by atoms with E-state index in [4.69, 9.17) is 0 Å². The number of carbonyl (C=O) groups excluding carboxylic acids is 2. The SMILES string of the molecule is CCC(CO)(CO)NC(=O)CCCNC(=O)c1cccs1. The molecular weight excluding hydrogens is 292 g/mol. The van der Waals surface area contributed by atoms with Gasteiger partial charge in [-0.3, -0.25) is 9.59 Å². The minimum Gasteiger partial charge on any atom is -0.394 e. The van der Waals surface area contributed by atoms with E-state index < -0.39 is 5.54 Å². The number of carbonyl (C=O) groups is 2. The molecule has 0 bridgehead atoms. The number of thiophene rings is 1. The minimum absolute atomic E-state index is 0.140. The highest BCUT2D eigenvalue weighted by Crippen LogP contribution is 2.09. The molecule has 0 fully saturated rings. The van der Waals surface area contributed by atoms with E-state index in [1.165, 1.54) is 11.3 Å². The Hall–Kier alpha value is -1.44. The Balaban J connectivity index is 2.26. The summed E-state index contributed by atoms with van der Waals surface area (Å²) in [5.41, 5.74) is -0.961. The number of nitrogens with one attached hydrogen (secondary N) is 2. The van der Waals surface area contributed by atoms with E-state index >= 15 is 0 Å². The molecule has 2 amide bonds. The summed E-state index contributed by atoms with van der Waals surface area (Å²) in [6, 6.07) is 3.55. The molecule has 0 unspecified atom stereocenters.